The van der Waals surface area contributed by atoms with Gasteiger partial charge in [-0.15, -0.1) is 0 Å². The molecular weight excluding hydrogens is 300 g/mol. The van der Waals surface area contributed by atoms with E-state index in [0.29, 0.717) is 6.04 Å². The third-order valence-corrected chi connectivity index (χ3v) is 5.09. The molecule has 6 heteroatoms. The molecule has 2 rings (SSSR count). The van der Waals surface area contributed by atoms with Crippen LogP contribution in [0.4, 0.5) is 0 Å². The maximum Gasteiger partial charge on any atom is 0.240 e. The Morgan fingerprint density at radius 2 is 1.77 bits per heavy atom. The Morgan fingerprint density at radius 3 is 2.27 bits per heavy atom. The molecule has 0 bridgehead atoms. The number of amides is 1. The molecule has 1 aliphatic carbocycles. The summed E-state index contributed by atoms with van der Waals surface area (Å²) in [6.45, 7) is 6.34. The molecule has 1 fully saturated rings. The van der Waals surface area contributed by atoms with Crippen molar-refractivity contribution in [3.05, 3.63) is 29.8 Å². The molecule has 0 atom stereocenters. The zero-order valence-corrected chi connectivity index (χ0v) is 14.2. The van der Waals surface area contributed by atoms with E-state index in [2.05, 4.69) is 30.8 Å². The molecule has 0 heterocycles. The minimum atomic E-state index is -3.56. The fourth-order valence-corrected chi connectivity index (χ4v) is 3.08. The lowest BCUT2D eigenvalue weighted by molar-refractivity contribution is -0.121. The molecule has 22 heavy (non-hydrogen) atoms. The first kappa shape index (κ1) is 17.0. The van der Waals surface area contributed by atoms with Crippen molar-refractivity contribution >= 4 is 15.9 Å². The van der Waals surface area contributed by atoms with E-state index in [9.17, 15) is 13.2 Å². The number of sulfonamides is 1. The van der Waals surface area contributed by atoms with E-state index < -0.39 is 10.0 Å². The van der Waals surface area contributed by atoms with Gasteiger partial charge in [-0.2, -0.15) is 0 Å². The molecule has 1 aromatic rings. The normalized spacial score (nSPS) is 15.6. The van der Waals surface area contributed by atoms with Gasteiger partial charge in [0, 0.05) is 19.0 Å². The number of hydrogen-bond acceptors (Lipinski definition) is 3. The molecule has 0 radical (unpaired) electrons. The molecule has 0 aromatic heterocycles. The van der Waals surface area contributed by atoms with Crippen LogP contribution in [-0.4, -0.2) is 26.9 Å². The molecule has 1 aliphatic rings. The summed E-state index contributed by atoms with van der Waals surface area (Å²) in [7, 11) is -3.56. The van der Waals surface area contributed by atoms with Crippen LogP contribution in [0.1, 0.15) is 45.6 Å². The van der Waals surface area contributed by atoms with Crippen molar-refractivity contribution < 1.29 is 13.2 Å². The second kappa shape index (κ2) is 6.38. The number of hydrogen-bond donors (Lipinski definition) is 2. The molecule has 0 spiro atoms. The average molecular weight is 324 g/mol. The van der Waals surface area contributed by atoms with Crippen LogP contribution in [0.2, 0.25) is 0 Å². The SMILES string of the molecule is CC(C)(C)c1ccc(S(=O)(=O)NCCC(=O)NC2CC2)cc1. The lowest BCUT2D eigenvalue weighted by Gasteiger charge is -2.19. The summed E-state index contributed by atoms with van der Waals surface area (Å²) < 4.78 is 26.8. The maximum absolute atomic E-state index is 12.2. The van der Waals surface area contributed by atoms with Gasteiger partial charge in [0.1, 0.15) is 0 Å². The van der Waals surface area contributed by atoms with E-state index >= 15 is 0 Å². The topological polar surface area (TPSA) is 75.3 Å². The quantitative estimate of drug-likeness (QED) is 0.839. The van der Waals surface area contributed by atoms with Crippen molar-refractivity contribution in [1.29, 1.82) is 0 Å². The van der Waals surface area contributed by atoms with Crippen molar-refractivity contribution in [3.8, 4) is 0 Å². The Balaban J connectivity index is 1.90. The predicted molar refractivity (Wildman–Crippen MR) is 86.1 cm³/mol. The first-order chi connectivity index (χ1) is 10.2. The van der Waals surface area contributed by atoms with E-state index in [1.165, 1.54) is 0 Å². The van der Waals surface area contributed by atoms with Crippen LogP contribution in [0, 0.1) is 0 Å². The summed E-state index contributed by atoms with van der Waals surface area (Å²) in [6.07, 6.45) is 2.21. The highest BCUT2D eigenvalue weighted by Gasteiger charge is 2.23. The van der Waals surface area contributed by atoms with Gasteiger partial charge in [0.15, 0.2) is 0 Å². The van der Waals surface area contributed by atoms with Gasteiger partial charge in [-0.3, -0.25) is 4.79 Å². The van der Waals surface area contributed by atoms with Crippen molar-refractivity contribution in [3.63, 3.8) is 0 Å². The summed E-state index contributed by atoms with van der Waals surface area (Å²) in [4.78, 5) is 11.8. The van der Waals surface area contributed by atoms with Crippen molar-refractivity contribution in [1.82, 2.24) is 10.0 Å². The molecular formula is C16H24N2O3S. The lowest BCUT2D eigenvalue weighted by atomic mass is 9.87. The Hall–Kier alpha value is -1.40. The van der Waals surface area contributed by atoms with Gasteiger partial charge in [0.25, 0.3) is 0 Å². The number of carbonyl (C=O) groups excluding carboxylic acids is 1. The largest absolute Gasteiger partial charge is 0.353 e. The number of rotatable bonds is 6. The van der Waals surface area contributed by atoms with Gasteiger partial charge in [0.2, 0.25) is 15.9 Å². The van der Waals surface area contributed by atoms with E-state index in [1.54, 1.807) is 12.1 Å². The van der Waals surface area contributed by atoms with Gasteiger partial charge < -0.3 is 5.32 Å². The summed E-state index contributed by atoms with van der Waals surface area (Å²) in [6, 6.07) is 7.16. The molecule has 1 aromatic carbocycles. The third-order valence-electron chi connectivity index (χ3n) is 3.62. The van der Waals surface area contributed by atoms with Crippen LogP contribution in [0.25, 0.3) is 0 Å². The lowest BCUT2D eigenvalue weighted by Crippen LogP contribution is -2.31. The average Bonchev–Trinajstić information content (AvgIpc) is 3.21. The van der Waals surface area contributed by atoms with Crippen LogP contribution in [0.15, 0.2) is 29.2 Å². The van der Waals surface area contributed by atoms with E-state index in [0.717, 1.165) is 18.4 Å². The van der Waals surface area contributed by atoms with Gasteiger partial charge in [-0.1, -0.05) is 32.9 Å². The summed E-state index contributed by atoms with van der Waals surface area (Å²) in [5.41, 5.74) is 1.06. The highest BCUT2D eigenvalue weighted by molar-refractivity contribution is 7.89. The minimum Gasteiger partial charge on any atom is -0.353 e. The van der Waals surface area contributed by atoms with E-state index in [1.807, 2.05) is 12.1 Å². The number of carbonyl (C=O) groups is 1. The van der Waals surface area contributed by atoms with Crippen LogP contribution < -0.4 is 10.0 Å². The van der Waals surface area contributed by atoms with Crippen LogP contribution in [-0.2, 0) is 20.2 Å². The molecule has 2 N–H and O–H groups in total. The minimum absolute atomic E-state index is 0.0172. The Morgan fingerprint density at radius 1 is 1.18 bits per heavy atom. The van der Waals surface area contributed by atoms with Crippen molar-refractivity contribution in [2.75, 3.05) is 6.54 Å². The summed E-state index contributed by atoms with van der Waals surface area (Å²) >= 11 is 0. The molecule has 1 amide bonds. The Labute approximate surface area is 132 Å². The summed E-state index contributed by atoms with van der Waals surface area (Å²) in [5.74, 6) is -0.103. The Bertz CT molecular complexity index is 626. The zero-order chi connectivity index (χ0) is 16.4. The molecule has 0 saturated heterocycles. The third kappa shape index (κ3) is 4.81. The molecule has 0 unspecified atom stereocenters. The van der Waals surface area contributed by atoms with Crippen LogP contribution in [0.5, 0.6) is 0 Å². The van der Waals surface area contributed by atoms with Crippen LogP contribution >= 0.6 is 0 Å². The highest BCUT2D eigenvalue weighted by atomic mass is 32.2. The maximum atomic E-state index is 12.2. The van der Waals surface area contributed by atoms with Crippen molar-refractivity contribution in [2.24, 2.45) is 0 Å². The van der Waals surface area contributed by atoms with E-state index in [4.69, 9.17) is 0 Å². The number of nitrogens with one attached hydrogen (secondary N) is 2. The first-order valence-corrected chi connectivity index (χ1v) is 9.06. The highest BCUT2D eigenvalue weighted by Crippen LogP contribution is 2.23. The Kier molecular flexibility index (Phi) is 4.92. The molecule has 5 nitrogen and oxygen atoms in total. The van der Waals surface area contributed by atoms with Gasteiger partial charge in [-0.25, -0.2) is 13.1 Å². The van der Waals surface area contributed by atoms with Gasteiger partial charge in [-0.05, 0) is 36.0 Å². The van der Waals surface area contributed by atoms with Crippen molar-refractivity contribution in [2.45, 2.75) is 56.4 Å². The summed E-state index contributed by atoms with van der Waals surface area (Å²) in [5, 5.41) is 2.83. The fraction of sp³-hybridized carbons (Fsp3) is 0.562. The zero-order valence-electron chi connectivity index (χ0n) is 13.3. The molecule has 1 saturated carbocycles. The van der Waals surface area contributed by atoms with Gasteiger partial charge >= 0.3 is 0 Å². The second-order valence-electron chi connectivity index (χ2n) is 6.76. The first-order valence-electron chi connectivity index (χ1n) is 7.58. The molecule has 122 valence electrons. The standard InChI is InChI=1S/C16H24N2O3S/c1-16(2,3)12-4-8-14(9-5-12)22(20,21)17-11-10-15(19)18-13-6-7-13/h4-5,8-9,13,17H,6-7,10-11H2,1-3H3,(H,18,19). The second-order valence-corrected chi connectivity index (χ2v) is 8.53. The van der Waals surface area contributed by atoms with Crippen LogP contribution in [0.3, 0.4) is 0 Å². The molecule has 0 aliphatic heterocycles. The monoisotopic (exact) mass is 324 g/mol. The number of benzene rings is 1. The van der Waals surface area contributed by atoms with E-state index in [-0.39, 0.29) is 29.2 Å². The fourth-order valence-electron chi connectivity index (χ4n) is 2.04. The van der Waals surface area contributed by atoms with Gasteiger partial charge in [0.05, 0.1) is 4.90 Å². The smallest absolute Gasteiger partial charge is 0.240 e. The predicted octanol–water partition coefficient (Wildman–Crippen LogP) is 1.93.